The number of carbonyl (C=O) groups is 2. The Bertz CT molecular complexity index is 684. The van der Waals surface area contributed by atoms with Gasteiger partial charge >= 0.3 is 5.97 Å². The summed E-state index contributed by atoms with van der Waals surface area (Å²) >= 11 is 3.40. The Morgan fingerprint density at radius 2 is 1.86 bits per heavy atom. The second-order valence-corrected chi connectivity index (χ2v) is 5.77. The zero-order valence-corrected chi connectivity index (χ0v) is 13.2. The molecule has 0 saturated carbocycles. The van der Waals surface area contributed by atoms with Crippen molar-refractivity contribution in [3.63, 3.8) is 0 Å². The van der Waals surface area contributed by atoms with Gasteiger partial charge in [0.05, 0.1) is 0 Å². The van der Waals surface area contributed by atoms with Crippen LogP contribution in [0.2, 0.25) is 0 Å². The lowest BCUT2D eigenvalue weighted by atomic mass is 10.1. The zero-order valence-electron chi connectivity index (χ0n) is 11.6. The zero-order chi connectivity index (χ0) is 15.4. The van der Waals surface area contributed by atoms with Crippen LogP contribution in [0, 0.1) is 0 Å². The van der Waals surface area contributed by atoms with Gasteiger partial charge < -0.3 is 10.4 Å². The number of carboxylic acid groups (broad SMARTS) is 1. The van der Waals surface area contributed by atoms with E-state index in [1.165, 1.54) is 0 Å². The number of aliphatic carboxylic acids is 1. The van der Waals surface area contributed by atoms with Crippen LogP contribution in [0.25, 0.3) is 10.8 Å². The molecule has 0 aliphatic heterocycles. The fraction of sp³-hybridized carbons (Fsp3) is 0.250. The van der Waals surface area contributed by atoms with Gasteiger partial charge in [-0.1, -0.05) is 41.4 Å². The van der Waals surface area contributed by atoms with Gasteiger partial charge in [-0.15, -0.1) is 0 Å². The first-order valence-corrected chi connectivity index (χ1v) is 7.53. The molecule has 2 aromatic carbocycles. The number of hydrogen-bond acceptors (Lipinski definition) is 2. The summed E-state index contributed by atoms with van der Waals surface area (Å²) in [6.07, 6.45) is 1.12. The molecule has 0 fully saturated rings. The molecule has 4 nitrogen and oxygen atoms in total. The van der Waals surface area contributed by atoms with Gasteiger partial charge in [-0.25, -0.2) is 4.79 Å². The van der Waals surface area contributed by atoms with Crippen molar-refractivity contribution < 1.29 is 14.7 Å². The molecule has 1 unspecified atom stereocenters. The maximum absolute atomic E-state index is 12.2. The molecule has 2 N–H and O–H groups in total. The average Bonchev–Trinajstić information content (AvgIpc) is 2.45. The first-order valence-electron chi connectivity index (χ1n) is 6.74. The Kier molecular flexibility index (Phi) is 4.96. The van der Waals surface area contributed by atoms with Crippen molar-refractivity contribution in [1.29, 1.82) is 0 Å². The number of fused-ring (bicyclic) bond motifs is 1. The second kappa shape index (κ2) is 6.72. The van der Waals surface area contributed by atoms with Crippen LogP contribution in [-0.2, 0) is 4.79 Å². The fourth-order valence-electron chi connectivity index (χ4n) is 2.15. The van der Waals surface area contributed by atoms with Crippen molar-refractivity contribution in [2.24, 2.45) is 0 Å². The lowest BCUT2D eigenvalue weighted by Gasteiger charge is -2.13. The van der Waals surface area contributed by atoms with E-state index in [-0.39, 0.29) is 5.91 Å². The second-order valence-electron chi connectivity index (χ2n) is 4.86. The Labute approximate surface area is 131 Å². The molecular formula is C16H16BrNO3. The topological polar surface area (TPSA) is 66.4 Å². The summed E-state index contributed by atoms with van der Waals surface area (Å²) in [6, 6.07) is 10.3. The van der Waals surface area contributed by atoms with Crippen LogP contribution in [0.15, 0.2) is 40.9 Å². The Hall–Kier alpha value is -1.88. The smallest absolute Gasteiger partial charge is 0.326 e. The Morgan fingerprint density at radius 1 is 1.19 bits per heavy atom. The molecule has 0 spiro atoms. The summed E-state index contributed by atoms with van der Waals surface area (Å²) in [6.45, 7) is 1.88. The summed E-state index contributed by atoms with van der Waals surface area (Å²) in [5.41, 5.74) is 0.465. The molecule has 0 heterocycles. The SMILES string of the molecule is CCCC(NC(=O)c1ccc2cc(Br)ccc2c1)C(=O)O. The van der Waals surface area contributed by atoms with Gasteiger partial charge in [-0.05, 0) is 41.5 Å². The van der Waals surface area contributed by atoms with E-state index in [2.05, 4.69) is 21.2 Å². The molecule has 2 rings (SSSR count). The van der Waals surface area contributed by atoms with E-state index in [0.717, 1.165) is 15.2 Å². The van der Waals surface area contributed by atoms with Crippen molar-refractivity contribution in [3.05, 3.63) is 46.4 Å². The van der Waals surface area contributed by atoms with E-state index in [0.29, 0.717) is 18.4 Å². The maximum atomic E-state index is 12.2. The number of rotatable bonds is 5. The fourth-order valence-corrected chi connectivity index (χ4v) is 2.52. The molecule has 1 atom stereocenters. The van der Waals surface area contributed by atoms with E-state index in [1.54, 1.807) is 12.1 Å². The van der Waals surface area contributed by atoms with Gasteiger partial charge in [0.15, 0.2) is 0 Å². The van der Waals surface area contributed by atoms with Gasteiger partial charge in [-0.3, -0.25) is 4.79 Å². The molecule has 0 aromatic heterocycles. The third-order valence-electron chi connectivity index (χ3n) is 3.25. The van der Waals surface area contributed by atoms with Gasteiger partial charge in [0.25, 0.3) is 5.91 Å². The number of amides is 1. The highest BCUT2D eigenvalue weighted by atomic mass is 79.9. The highest BCUT2D eigenvalue weighted by Crippen LogP contribution is 2.21. The first-order chi connectivity index (χ1) is 10.0. The minimum atomic E-state index is -1.00. The van der Waals surface area contributed by atoms with Crippen molar-refractivity contribution in [2.45, 2.75) is 25.8 Å². The van der Waals surface area contributed by atoms with Gasteiger partial charge in [0.2, 0.25) is 0 Å². The van der Waals surface area contributed by atoms with Crippen molar-refractivity contribution >= 4 is 38.6 Å². The van der Waals surface area contributed by atoms with Crippen LogP contribution < -0.4 is 5.32 Å². The Balaban J connectivity index is 2.22. The monoisotopic (exact) mass is 349 g/mol. The van der Waals surface area contributed by atoms with E-state index < -0.39 is 12.0 Å². The summed E-state index contributed by atoms with van der Waals surface area (Å²) in [5.74, 6) is -1.37. The highest BCUT2D eigenvalue weighted by Gasteiger charge is 2.19. The number of benzene rings is 2. The molecular weight excluding hydrogens is 334 g/mol. The number of hydrogen-bond donors (Lipinski definition) is 2. The highest BCUT2D eigenvalue weighted by molar-refractivity contribution is 9.10. The van der Waals surface area contributed by atoms with Crippen LogP contribution >= 0.6 is 15.9 Å². The third kappa shape index (κ3) is 3.82. The van der Waals surface area contributed by atoms with Crippen molar-refractivity contribution in [2.75, 3.05) is 0 Å². The normalized spacial score (nSPS) is 12.1. The van der Waals surface area contributed by atoms with Crippen LogP contribution in [-0.4, -0.2) is 23.0 Å². The van der Waals surface area contributed by atoms with E-state index in [9.17, 15) is 9.59 Å². The number of halogens is 1. The molecule has 2 aromatic rings. The van der Waals surface area contributed by atoms with Crippen LogP contribution in [0.3, 0.4) is 0 Å². The minimum Gasteiger partial charge on any atom is -0.480 e. The van der Waals surface area contributed by atoms with E-state index >= 15 is 0 Å². The van der Waals surface area contributed by atoms with Crippen LogP contribution in [0.5, 0.6) is 0 Å². The van der Waals surface area contributed by atoms with Crippen LogP contribution in [0.1, 0.15) is 30.1 Å². The Morgan fingerprint density at radius 3 is 2.52 bits per heavy atom. The van der Waals surface area contributed by atoms with E-state index in [4.69, 9.17) is 5.11 Å². The predicted octanol–water partition coefficient (Wildman–Crippen LogP) is 3.59. The maximum Gasteiger partial charge on any atom is 0.326 e. The molecule has 21 heavy (non-hydrogen) atoms. The number of nitrogens with one attached hydrogen (secondary N) is 1. The standard InChI is InChI=1S/C16H16BrNO3/c1-2-3-14(16(20)21)18-15(19)12-5-4-11-9-13(17)7-6-10(11)8-12/h4-9,14H,2-3H2,1H3,(H,18,19)(H,20,21). The van der Waals surface area contributed by atoms with Crippen molar-refractivity contribution in [1.82, 2.24) is 5.32 Å². The number of carbonyl (C=O) groups excluding carboxylic acids is 1. The predicted molar refractivity (Wildman–Crippen MR) is 85.4 cm³/mol. The van der Waals surface area contributed by atoms with Crippen LogP contribution in [0.4, 0.5) is 0 Å². The summed E-state index contributed by atoms with van der Waals surface area (Å²) < 4.78 is 0.973. The lowest BCUT2D eigenvalue weighted by Crippen LogP contribution is -2.40. The minimum absolute atomic E-state index is 0.360. The number of carboxylic acids is 1. The van der Waals surface area contributed by atoms with Gasteiger partial charge in [-0.2, -0.15) is 0 Å². The first kappa shape index (κ1) is 15.5. The third-order valence-corrected chi connectivity index (χ3v) is 3.74. The molecule has 0 aliphatic carbocycles. The molecule has 0 saturated heterocycles. The van der Waals surface area contributed by atoms with Gasteiger partial charge in [0, 0.05) is 10.0 Å². The molecule has 110 valence electrons. The molecule has 5 heteroatoms. The lowest BCUT2D eigenvalue weighted by molar-refractivity contribution is -0.139. The van der Waals surface area contributed by atoms with Crippen molar-refractivity contribution in [3.8, 4) is 0 Å². The molecule has 0 bridgehead atoms. The summed E-state index contributed by atoms with van der Waals surface area (Å²) in [5, 5.41) is 13.6. The summed E-state index contributed by atoms with van der Waals surface area (Å²) in [4.78, 5) is 23.2. The molecule has 0 radical (unpaired) electrons. The molecule has 0 aliphatic rings. The quantitative estimate of drug-likeness (QED) is 0.866. The largest absolute Gasteiger partial charge is 0.480 e. The van der Waals surface area contributed by atoms with Gasteiger partial charge in [0.1, 0.15) is 6.04 Å². The summed E-state index contributed by atoms with van der Waals surface area (Å²) in [7, 11) is 0. The molecule has 1 amide bonds. The van der Waals surface area contributed by atoms with E-state index in [1.807, 2.05) is 31.2 Å². The average molecular weight is 350 g/mol.